The van der Waals surface area contributed by atoms with Crippen LogP contribution in [0.25, 0.3) is 0 Å². The number of aliphatic hydroxyl groups excluding tert-OH is 1. The van der Waals surface area contributed by atoms with Crippen LogP contribution in [0.2, 0.25) is 0 Å². The molecule has 2 atom stereocenters. The largest absolute Gasteiger partial charge is 0.495 e. The maximum atomic E-state index is 13.3. The number of carbonyl (C=O) groups excluding carboxylic acids is 1. The predicted molar refractivity (Wildman–Crippen MR) is 120 cm³/mol. The van der Waals surface area contributed by atoms with Gasteiger partial charge in [-0.2, -0.15) is 0 Å². The van der Waals surface area contributed by atoms with Crippen LogP contribution in [0.5, 0.6) is 5.75 Å². The van der Waals surface area contributed by atoms with Crippen molar-refractivity contribution < 1.29 is 14.6 Å². The molecule has 1 aromatic carbocycles. The number of methoxy groups -OCH3 is 1. The summed E-state index contributed by atoms with van der Waals surface area (Å²) in [4.78, 5) is 21.7. The average Bonchev–Trinajstić information content (AvgIpc) is 3.45. The fourth-order valence-corrected chi connectivity index (χ4v) is 4.92. The van der Waals surface area contributed by atoms with Crippen LogP contribution in [0.1, 0.15) is 42.2 Å². The molecule has 6 nitrogen and oxygen atoms in total. The van der Waals surface area contributed by atoms with Crippen LogP contribution < -0.4 is 4.74 Å². The molecule has 1 aliphatic carbocycles. The molecule has 0 radical (unpaired) electrons. The Kier molecular flexibility index (Phi) is 6.88. The van der Waals surface area contributed by atoms with Crippen LogP contribution in [0.3, 0.4) is 0 Å². The van der Waals surface area contributed by atoms with E-state index in [1.54, 1.807) is 30.3 Å². The number of benzene rings is 1. The first kappa shape index (κ1) is 21.8. The van der Waals surface area contributed by atoms with Crippen molar-refractivity contribution in [3.63, 3.8) is 0 Å². The molecule has 2 aromatic rings. The third-order valence-electron chi connectivity index (χ3n) is 6.80. The molecule has 1 aliphatic heterocycles. The van der Waals surface area contributed by atoms with E-state index in [2.05, 4.69) is 34.1 Å². The Bertz CT molecular complexity index is 855. The number of pyridine rings is 1. The molecular weight excluding hydrogens is 390 g/mol. The van der Waals surface area contributed by atoms with Gasteiger partial charge in [-0.15, -0.1) is 0 Å². The number of hydrogen-bond acceptors (Lipinski definition) is 5. The van der Waals surface area contributed by atoms with Gasteiger partial charge in [0, 0.05) is 20.0 Å². The van der Waals surface area contributed by atoms with E-state index in [1.807, 2.05) is 7.05 Å². The number of ether oxygens (including phenoxy) is 1. The topological polar surface area (TPSA) is 65.9 Å². The van der Waals surface area contributed by atoms with Crippen molar-refractivity contribution >= 4 is 5.91 Å². The molecule has 6 heteroatoms. The first-order chi connectivity index (χ1) is 15.0. The third kappa shape index (κ3) is 5.08. The SMILES string of the molecule is COc1ccc([C@@H](O)[C@@H](CN2CCCC2)N(C)C(=O)CC2Cc3ccccc3C2)nc1. The Hall–Kier alpha value is -2.44. The minimum Gasteiger partial charge on any atom is -0.495 e. The van der Waals surface area contributed by atoms with E-state index >= 15 is 0 Å². The van der Waals surface area contributed by atoms with Crippen molar-refractivity contribution in [1.29, 1.82) is 0 Å². The molecule has 2 heterocycles. The Morgan fingerprint density at radius 3 is 2.45 bits per heavy atom. The van der Waals surface area contributed by atoms with Gasteiger partial charge >= 0.3 is 0 Å². The van der Waals surface area contributed by atoms with Gasteiger partial charge in [0.1, 0.15) is 11.9 Å². The fourth-order valence-electron chi connectivity index (χ4n) is 4.92. The van der Waals surface area contributed by atoms with E-state index in [-0.39, 0.29) is 11.9 Å². The van der Waals surface area contributed by atoms with E-state index in [0.29, 0.717) is 30.3 Å². The summed E-state index contributed by atoms with van der Waals surface area (Å²) < 4.78 is 5.19. The summed E-state index contributed by atoms with van der Waals surface area (Å²) in [6, 6.07) is 11.7. The predicted octanol–water partition coefficient (Wildman–Crippen LogP) is 2.85. The number of carbonyl (C=O) groups is 1. The van der Waals surface area contributed by atoms with Crippen molar-refractivity contribution in [1.82, 2.24) is 14.8 Å². The molecule has 0 unspecified atom stereocenters. The van der Waals surface area contributed by atoms with Crippen LogP contribution in [0.4, 0.5) is 0 Å². The number of amides is 1. The highest BCUT2D eigenvalue weighted by Crippen LogP contribution is 2.30. The van der Waals surface area contributed by atoms with Gasteiger partial charge < -0.3 is 19.6 Å². The van der Waals surface area contributed by atoms with E-state index in [4.69, 9.17) is 4.74 Å². The minimum absolute atomic E-state index is 0.0922. The molecule has 166 valence electrons. The highest BCUT2D eigenvalue weighted by Gasteiger charge is 2.33. The lowest BCUT2D eigenvalue weighted by atomic mass is 9.99. The zero-order chi connectivity index (χ0) is 21.8. The summed E-state index contributed by atoms with van der Waals surface area (Å²) in [5.74, 6) is 1.07. The second-order valence-corrected chi connectivity index (χ2v) is 8.89. The van der Waals surface area contributed by atoms with Gasteiger partial charge in [0.15, 0.2) is 0 Å². The molecule has 1 aromatic heterocycles. The minimum atomic E-state index is -0.846. The Morgan fingerprint density at radius 2 is 1.87 bits per heavy atom. The van der Waals surface area contributed by atoms with Crippen molar-refractivity contribution in [3.8, 4) is 5.75 Å². The van der Waals surface area contributed by atoms with Gasteiger partial charge in [0.05, 0.1) is 25.0 Å². The summed E-state index contributed by atoms with van der Waals surface area (Å²) in [6.45, 7) is 2.68. The lowest BCUT2D eigenvalue weighted by Crippen LogP contribution is -2.48. The van der Waals surface area contributed by atoms with Crippen molar-refractivity contribution in [2.45, 2.75) is 44.2 Å². The van der Waals surface area contributed by atoms with Crippen LogP contribution >= 0.6 is 0 Å². The van der Waals surface area contributed by atoms with E-state index < -0.39 is 6.10 Å². The Morgan fingerprint density at radius 1 is 1.19 bits per heavy atom. The van der Waals surface area contributed by atoms with Crippen molar-refractivity contribution in [2.24, 2.45) is 5.92 Å². The number of hydrogen-bond donors (Lipinski definition) is 1. The van der Waals surface area contributed by atoms with Gasteiger partial charge in [-0.3, -0.25) is 9.78 Å². The quantitative estimate of drug-likeness (QED) is 0.707. The van der Waals surface area contributed by atoms with Crippen LogP contribution in [0, 0.1) is 5.92 Å². The number of aromatic nitrogens is 1. The molecule has 0 bridgehead atoms. The second-order valence-electron chi connectivity index (χ2n) is 8.89. The molecule has 2 aliphatic rings. The van der Waals surface area contributed by atoms with E-state index in [1.165, 1.54) is 24.0 Å². The van der Waals surface area contributed by atoms with Crippen LogP contribution in [-0.4, -0.2) is 65.6 Å². The number of rotatable bonds is 8. The smallest absolute Gasteiger partial charge is 0.223 e. The van der Waals surface area contributed by atoms with Crippen molar-refractivity contribution in [3.05, 3.63) is 59.4 Å². The Labute approximate surface area is 184 Å². The highest BCUT2D eigenvalue weighted by molar-refractivity contribution is 5.77. The maximum absolute atomic E-state index is 13.3. The van der Waals surface area contributed by atoms with Crippen molar-refractivity contribution in [2.75, 3.05) is 33.8 Å². The van der Waals surface area contributed by atoms with Crippen LogP contribution in [0.15, 0.2) is 42.6 Å². The number of likely N-dealkylation sites (tertiary alicyclic amines) is 1. The van der Waals surface area contributed by atoms with Gasteiger partial charge in [-0.05, 0) is 68.0 Å². The monoisotopic (exact) mass is 423 g/mol. The third-order valence-corrected chi connectivity index (χ3v) is 6.80. The molecule has 1 fully saturated rings. The fraction of sp³-hybridized carbons (Fsp3) is 0.520. The number of fused-ring (bicyclic) bond motifs is 1. The van der Waals surface area contributed by atoms with E-state index in [9.17, 15) is 9.90 Å². The number of aliphatic hydroxyl groups is 1. The zero-order valence-electron chi connectivity index (χ0n) is 18.5. The molecule has 1 amide bonds. The molecule has 0 saturated carbocycles. The molecule has 31 heavy (non-hydrogen) atoms. The summed E-state index contributed by atoms with van der Waals surface area (Å²) in [6.07, 6.45) is 5.52. The van der Waals surface area contributed by atoms with Gasteiger partial charge in [-0.25, -0.2) is 0 Å². The van der Waals surface area contributed by atoms with Crippen LogP contribution in [-0.2, 0) is 17.6 Å². The van der Waals surface area contributed by atoms with E-state index in [0.717, 1.165) is 25.9 Å². The second kappa shape index (κ2) is 9.79. The number of likely N-dealkylation sites (N-methyl/N-ethyl adjacent to an activating group) is 1. The van der Waals surface area contributed by atoms with Gasteiger partial charge in [0.25, 0.3) is 0 Å². The molecule has 0 spiro atoms. The lowest BCUT2D eigenvalue weighted by Gasteiger charge is -2.35. The molecular formula is C25H33N3O3. The zero-order valence-corrected chi connectivity index (χ0v) is 18.5. The van der Waals surface area contributed by atoms with Gasteiger partial charge in [0.2, 0.25) is 5.91 Å². The molecule has 4 rings (SSSR count). The summed E-state index contributed by atoms with van der Waals surface area (Å²) in [7, 11) is 3.43. The molecule has 1 saturated heterocycles. The maximum Gasteiger partial charge on any atom is 0.223 e. The summed E-state index contributed by atoms with van der Waals surface area (Å²) >= 11 is 0. The summed E-state index contributed by atoms with van der Waals surface area (Å²) in [5, 5.41) is 11.2. The van der Waals surface area contributed by atoms with Gasteiger partial charge in [-0.1, -0.05) is 24.3 Å². The lowest BCUT2D eigenvalue weighted by molar-refractivity contribution is -0.136. The first-order valence-electron chi connectivity index (χ1n) is 11.3. The Balaban J connectivity index is 1.46. The summed E-state index contributed by atoms with van der Waals surface area (Å²) in [5.41, 5.74) is 3.29. The average molecular weight is 424 g/mol. The standard InChI is InChI=1S/C25H33N3O3/c1-27(24(29)15-18-13-19-7-3-4-8-20(19)14-18)23(17-28-11-5-6-12-28)25(30)22-10-9-21(31-2)16-26-22/h3-4,7-10,16,18,23,25,30H,5-6,11-15,17H2,1-2H3/t23-,25-/m1/s1. The molecule has 1 N–H and O–H groups in total. The highest BCUT2D eigenvalue weighted by atomic mass is 16.5. The normalized spacial score (nSPS) is 18.5. The first-order valence-corrected chi connectivity index (χ1v) is 11.3. The number of nitrogens with zero attached hydrogens (tertiary/aromatic N) is 3.